The molecule has 1 aliphatic carbocycles. The van der Waals surface area contributed by atoms with Crippen molar-refractivity contribution < 1.29 is 14.3 Å². The quantitative estimate of drug-likeness (QED) is 0.695. The molecule has 1 aliphatic heterocycles. The molecule has 3 rings (SSSR count). The minimum absolute atomic E-state index is 0.0667. The Labute approximate surface area is 142 Å². The van der Waals surface area contributed by atoms with Crippen LogP contribution >= 0.6 is 27.3 Å². The number of nitrogens with zero attached hydrogens (tertiary/aromatic N) is 1. The van der Waals surface area contributed by atoms with Gasteiger partial charge in [0.1, 0.15) is 5.69 Å². The van der Waals surface area contributed by atoms with E-state index in [4.69, 9.17) is 9.47 Å². The number of halogens is 1. The van der Waals surface area contributed by atoms with E-state index in [9.17, 15) is 4.79 Å². The molecular weight excluding hydrogens is 368 g/mol. The first kappa shape index (κ1) is 16.4. The number of amides is 1. The van der Waals surface area contributed by atoms with Crippen LogP contribution in [-0.4, -0.2) is 43.4 Å². The zero-order valence-corrected chi connectivity index (χ0v) is 14.9. The predicted octanol–water partition coefficient (Wildman–Crippen LogP) is 3.10. The van der Waals surface area contributed by atoms with Crippen molar-refractivity contribution in [3.05, 3.63) is 14.5 Å². The molecule has 2 fully saturated rings. The van der Waals surface area contributed by atoms with E-state index in [2.05, 4.69) is 26.2 Å². The Morgan fingerprint density at radius 3 is 3.05 bits per heavy atom. The number of carbonyl (C=O) groups is 1. The summed E-state index contributed by atoms with van der Waals surface area (Å²) in [6, 6.07) is 0. The Bertz CT molecular complexity index is 513. The largest absolute Gasteiger partial charge is 0.379 e. The summed E-state index contributed by atoms with van der Waals surface area (Å²) >= 11 is 4.96. The summed E-state index contributed by atoms with van der Waals surface area (Å²) in [7, 11) is 0. The van der Waals surface area contributed by atoms with E-state index in [0.717, 1.165) is 34.7 Å². The van der Waals surface area contributed by atoms with Gasteiger partial charge in [0.2, 0.25) is 0 Å². The molecule has 2 heterocycles. The van der Waals surface area contributed by atoms with Crippen LogP contribution in [0.3, 0.4) is 0 Å². The lowest BCUT2D eigenvalue weighted by Gasteiger charge is -2.10. The Kier molecular flexibility index (Phi) is 5.84. The number of ether oxygens (including phenoxy) is 2. The van der Waals surface area contributed by atoms with Crippen LogP contribution in [0.1, 0.15) is 53.4 Å². The minimum Gasteiger partial charge on any atom is -0.379 e. The summed E-state index contributed by atoms with van der Waals surface area (Å²) in [5.41, 5.74) is 0.597. The van der Waals surface area contributed by atoms with Crippen molar-refractivity contribution >= 4 is 33.2 Å². The Hall–Kier alpha value is -0.500. The van der Waals surface area contributed by atoms with Gasteiger partial charge in [0.15, 0.2) is 3.92 Å². The van der Waals surface area contributed by atoms with Crippen LogP contribution in [0.5, 0.6) is 0 Å². The fraction of sp³-hybridized carbons (Fsp3) is 0.733. The summed E-state index contributed by atoms with van der Waals surface area (Å²) in [6.07, 6.45) is 5.65. The van der Waals surface area contributed by atoms with Gasteiger partial charge in [0, 0.05) is 24.6 Å². The molecule has 1 aromatic heterocycles. The van der Waals surface area contributed by atoms with Gasteiger partial charge >= 0.3 is 0 Å². The molecule has 2 aliphatic rings. The summed E-state index contributed by atoms with van der Waals surface area (Å²) in [4.78, 5) is 17.6. The monoisotopic (exact) mass is 388 g/mol. The molecule has 1 aromatic rings. The molecule has 0 bridgehead atoms. The second-order valence-electron chi connectivity index (χ2n) is 5.77. The lowest BCUT2D eigenvalue weighted by molar-refractivity contribution is 0.0166. The van der Waals surface area contributed by atoms with Gasteiger partial charge in [0.25, 0.3) is 5.91 Å². The first-order valence-electron chi connectivity index (χ1n) is 7.88. The average Bonchev–Trinajstić information content (AvgIpc) is 3.07. The van der Waals surface area contributed by atoms with E-state index >= 15 is 0 Å². The molecule has 122 valence electrons. The first-order chi connectivity index (χ1) is 10.7. The zero-order valence-electron chi connectivity index (χ0n) is 12.5. The normalized spacial score (nSPS) is 21.2. The van der Waals surface area contributed by atoms with Crippen LogP contribution in [0.25, 0.3) is 0 Å². The van der Waals surface area contributed by atoms with Crippen molar-refractivity contribution in [2.24, 2.45) is 0 Å². The number of carbonyl (C=O) groups excluding carboxylic acids is 1. The average molecular weight is 389 g/mol. The van der Waals surface area contributed by atoms with Crippen LogP contribution in [0.2, 0.25) is 0 Å². The van der Waals surface area contributed by atoms with Crippen LogP contribution in [0.4, 0.5) is 0 Å². The second kappa shape index (κ2) is 7.86. The lowest BCUT2D eigenvalue weighted by Crippen LogP contribution is -2.26. The highest BCUT2D eigenvalue weighted by Gasteiger charge is 2.31. The maximum Gasteiger partial charge on any atom is 0.271 e. The number of hydrogen-bond acceptors (Lipinski definition) is 5. The van der Waals surface area contributed by atoms with Crippen molar-refractivity contribution in [1.82, 2.24) is 10.3 Å². The van der Waals surface area contributed by atoms with E-state index < -0.39 is 0 Å². The van der Waals surface area contributed by atoms with Gasteiger partial charge in [0.05, 0.1) is 12.7 Å². The fourth-order valence-corrected chi connectivity index (χ4v) is 4.20. The summed E-state index contributed by atoms with van der Waals surface area (Å²) < 4.78 is 11.9. The van der Waals surface area contributed by atoms with E-state index in [1.807, 2.05) is 0 Å². The topological polar surface area (TPSA) is 60.5 Å². The Morgan fingerprint density at radius 2 is 2.32 bits per heavy atom. The maximum atomic E-state index is 12.2. The van der Waals surface area contributed by atoms with Crippen molar-refractivity contribution in [2.45, 2.75) is 44.1 Å². The third-order valence-electron chi connectivity index (χ3n) is 3.87. The number of aromatic nitrogens is 1. The van der Waals surface area contributed by atoms with Gasteiger partial charge in [-0.3, -0.25) is 4.79 Å². The van der Waals surface area contributed by atoms with E-state index in [1.165, 1.54) is 12.8 Å². The number of thiazole rings is 1. The van der Waals surface area contributed by atoms with Crippen LogP contribution < -0.4 is 5.32 Å². The molecule has 22 heavy (non-hydrogen) atoms. The van der Waals surface area contributed by atoms with E-state index in [0.29, 0.717) is 31.4 Å². The standard InChI is InChI=1S/C15H21BrN2O3S/c16-15-18-12(13(22-15)10-4-5-10)14(19)17-6-2-7-20-9-11-3-1-8-21-11/h10-11H,1-9H2,(H,17,19)/t11-/m1/s1. The van der Waals surface area contributed by atoms with Crippen LogP contribution in [0, 0.1) is 0 Å². The molecule has 1 N–H and O–H groups in total. The third kappa shape index (κ3) is 4.50. The van der Waals surface area contributed by atoms with Crippen molar-refractivity contribution in [3.63, 3.8) is 0 Å². The van der Waals surface area contributed by atoms with Gasteiger partial charge in [-0.05, 0) is 54.0 Å². The first-order valence-corrected chi connectivity index (χ1v) is 9.49. The summed E-state index contributed by atoms with van der Waals surface area (Å²) in [6.45, 7) is 2.79. The second-order valence-corrected chi connectivity index (χ2v) is 8.08. The van der Waals surface area contributed by atoms with Gasteiger partial charge in [-0.2, -0.15) is 0 Å². The van der Waals surface area contributed by atoms with Crippen molar-refractivity contribution in [2.75, 3.05) is 26.4 Å². The molecule has 1 amide bonds. The maximum absolute atomic E-state index is 12.2. The molecular formula is C15H21BrN2O3S. The highest BCUT2D eigenvalue weighted by molar-refractivity contribution is 9.11. The minimum atomic E-state index is -0.0667. The molecule has 7 heteroatoms. The van der Waals surface area contributed by atoms with Gasteiger partial charge in [-0.1, -0.05) is 0 Å². The molecule has 0 spiro atoms. The fourth-order valence-electron chi connectivity index (χ4n) is 2.54. The van der Waals surface area contributed by atoms with Gasteiger partial charge in [-0.25, -0.2) is 4.98 Å². The van der Waals surface area contributed by atoms with E-state index in [1.54, 1.807) is 11.3 Å². The van der Waals surface area contributed by atoms with Gasteiger partial charge in [-0.15, -0.1) is 11.3 Å². The molecule has 1 saturated carbocycles. The lowest BCUT2D eigenvalue weighted by atomic mass is 10.2. The van der Waals surface area contributed by atoms with Crippen molar-refractivity contribution in [3.8, 4) is 0 Å². The third-order valence-corrected chi connectivity index (χ3v) is 5.54. The molecule has 0 unspecified atom stereocenters. The van der Waals surface area contributed by atoms with Crippen molar-refractivity contribution in [1.29, 1.82) is 0 Å². The Balaban J connectivity index is 1.34. The zero-order chi connectivity index (χ0) is 15.4. The highest BCUT2D eigenvalue weighted by atomic mass is 79.9. The number of nitrogens with one attached hydrogen (secondary N) is 1. The molecule has 1 saturated heterocycles. The smallest absolute Gasteiger partial charge is 0.271 e. The summed E-state index contributed by atoms with van der Waals surface area (Å²) in [5, 5.41) is 2.94. The molecule has 1 atom stereocenters. The highest BCUT2D eigenvalue weighted by Crippen LogP contribution is 2.45. The van der Waals surface area contributed by atoms with E-state index in [-0.39, 0.29) is 12.0 Å². The molecule has 0 aromatic carbocycles. The molecule has 5 nitrogen and oxygen atoms in total. The number of hydrogen-bond donors (Lipinski definition) is 1. The van der Waals surface area contributed by atoms with Crippen LogP contribution in [0.15, 0.2) is 3.92 Å². The molecule has 0 radical (unpaired) electrons. The Morgan fingerprint density at radius 1 is 1.45 bits per heavy atom. The summed E-state index contributed by atoms with van der Waals surface area (Å²) in [5.74, 6) is 0.474. The van der Waals surface area contributed by atoms with Gasteiger partial charge < -0.3 is 14.8 Å². The number of rotatable bonds is 8. The predicted molar refractivity (Wildman–Crippen MR) is 88.5 cm³/mol. The van der Waals surface area contributed by atoms with Crippen LogP contribution in [-0.2, 0) is 9.47 Å². The SMILES string of the molecule is O=C(NCCCOC[C@H]1CCCO1)c1nc(Br)sc1C1CC1.